The molecule has 0 bridgehead atoms. The van der Waals surface area contributed by atoms with E-state index in [1.54, 1.807) is 0 Å². The van der Waals surface area contributed by atoms with Crippen molar-refractivity contribution < 1.29 is 4.42 Å². The average Bonchev–Trinajstić information content (AvgIpc) is 3.53. The van der Waals surface area contributed by atoms with E-state index >= 15 is 0 Å². The van der Waals surface area contributed by atoms with Crippen molar-refractivity contribution in [3.05, 3.63) is 115 Å². The Labute approximate surface area is 221 Å². The third-order valence-electron chi connectivity index (χ3n) is 7.39. The first-order valence-corrected chi connectivity index (χ1v) is 13.0. The minimum atomic E-state index is 0.304. The Balaban J connectivity index is 1.55. The van der Waals surface area contributed by atoms with Gasteiger partial charge in [0, 0.05) is 17.0 Å². The Morgan fingerprint density at radius 2 is 1.55 bits per heavy atom. The SMILES string of the molecule is Cc1nccc2nc(-c3cccc4c3oc3ccccc34)n(-c3ccc(-c4ccccc4)cc3C(C)C)c12. The Kier molecular flexibility index (Phi) is 5.15. The Morgan fingerprint density at radius 3 is 2.39 bits per heavy atom. The first-order valence-electron chi connectivity index (χ1n) is 13.0. The van der Waals surface area contributed by atoms with Crippen molar-refractivity contribution in [3.63, 3.8) is 0 Å². The van der Waals surface area contributed by atoms with Crippen LogP contribution in [-0.4, -0.2) is 14.5 Å². The molecule has 0 unspecified atom stereocenters. The number of nitrogens with zero attached hydrogens (tertiary/aromatic N) is 3. The van der Waals surface area contributed by atoms with Crippen molar-refractivity contribution in [1.29, 1.82) is 0 Å². The summed E-state index contributed by atoms with van der Waals surface area (Å²) in [7, 11) is 0. The molecule has 0 saturated heterocycles. The number of pyridine rings is 1. The zero-order valence-electron chi connectivity index (χ0n) is 21.6. The Bertz CT molecular complexity index is 1960. The largest absolute Gasteiger partial charge is 0.455 e. The molecule has 38 heavy (non-hydrogen) atoms. The highest BCUT2D eigenvalue weighted by Gasteiger charge is 2.23. The van der Waals surface area contributed by atoms with E-state index in [1.807, 2.05) is 24.4 Å². The van der Waals surface area contributed by atoms with Crippen molar-refractivity contribution in [2.45, 2.75) is 26.7 Å². The standard InChI is InChI=1S/C34H27N3O/c1-21(2)28-20-24(23-10-5-4-6-11-23)16-17-30(28)37-32-22(3)35-19-18-29(32)36-34(37)27-14-9-13-26-25-12-7-8-15-31(25)38-33(26)27/h4-21H,1-3H3. The van der Waals surface area contributed by atoms with E-state index in [0.29, 0.717) is 5.92 Å². The number of fused-ring (bicyclic) bond motifs is 4. The summed E-state index contributed by atoms with van der Waals surface area (Å²) >= 11 is 0. The third-order valence-corrected chi connectivity index (χ3v) is 7.39. The van der Waals surface area contributed by atoms with Crippen molar-refractivity contribution in [2.75, 3.05) is 0 Å². The van der Waals surface area contributed by atoms with Crippen LogP contribution in [0.25, 0.3) is 61.2 Å². The quantitative estimate of drug-likeness (QED) is 0.246. The van der Waals surface area contributed by atoms with E-state index in [2.05, 4.69) is 109 Å². The maximum Gasteiger partial charge on any atom is 0.149 e. The third kappa shape index (κ3) is 3.45. The summed E-state index contributed by atoms with van der Waals surface area (Å²) in [6.45, 7) is 6.55. The topological polar surface area (TPSA) is 43.9 Å². The normalized spacial score (nSPS) is 11.8. The molecular formula is C34H27N3O. The first-order chi connectivity index (χ1) is 18.6. The van der Waals surface area contributed by atoms with E-state index < -0.39 is 0 Å². The van der Waals surface area contributed by atoms with Crippen LogP contribution in [0.2, 0.25) is 0 Å². The highest BCUT2D eigenvalue weighted by Crippen LogP contribution is 2.40. The number of hydrogen-bond donors (Lipinski definition) is 0. The number of benzene rings is 4. The molecular weight excluding hydrogens is 466 g/mol. The molecule has 0 aliphatic carbocycles. The van der Waals surface area contributed by atoms with Crippen LogP contribution < -0.4 is 0 Å². The van der Waals surface area contributed by atoms with Crippen LogP contribution in [0.1, 0.15) is 31.0 Å². The van der Waals surface area contributed by atoms with Gasteiger partial charge in [0.2, 0.25) is 0 Å². The summed E-state index contributed by atoms with van der Waals surface area (Å²) < 4.78 is 8.72. The molecule has 7 rings (SSSR count). The van der Waals surface area contributed by atoms with Crippen LogP contribution in [0.4, 0.5) is 0 Å². The average molecular weight is 494 g/mol. The summed E-state index contributed by atoms with van der Waals surface area (Å²) in [6, 6.07) is 33.8. The smallest absolute Gasteiger partial charge is 0.149 e. The lowest BCUT2D eigenvalue weighted by Crippen LogP contribution is -2.05. The molecule has 3 aromatic heterocycles. The van der Waals surface area contributed by atoms with Gasteiger partial charge in [-0.1, -0.05) is 80.6 Å². The van der Waals surface area contributed by atoms with Crippen molar-refractivity contribution in [1.82, 2.24) is 14.5 Å². The molecule has 184 valence electrons. The molecule has 4 aromatic carbocycles. The minimum absolute atomic E-state index is 0.304. The fraction of sp³-hybridized carbons (Fsp3) is 0.118. The van der Waals surface area contributed by atoms with E-state index in [1.165, 1.54) is 16.7 Å². The molecule has 0 fully saturated rings. The van der Waals surface area contributed by atoms with Gasteiger partial charge >= 0.3 is 0 Å². The van der Waals surface area contributed by atoms with Gasteiger partial charge in [-0.25, -0.2) is 4.98 Å². The highest BCUT2D eigenvalue weighted by atomic mass is 16.3. The Morgan fingerprint density at radius 1 is 0.763 bits per heavy atom. The second-order valence-corrected chi connectivity index (χ2v) is 10.1. The van der Waals surface area contributed by atoms with Crippen LogP contribution in [0.5, 0.6) is 0 Å². The molecule has 0 saturated carbocycles. The molecule has 0 aliphatic rings. The van der Waals surface area contributed by atoms with E-state index in [-0.39, 0.29) is 0 Å². The van der Waals surface area contributed by atoms with Gasteiger partial charge in [-0.3, -0.25) is 9.55 Å². The first kappa shape index (κ1) is 22.5. The van der Waals surface area contributed by atoms with Gasteiger partial charge in [0.1, 0.15) is 17.0 Å². The van der Waals surface area contributed by atoms with Gasteiger partial charge in [0.15, 0.2) is 0 Å². The fourth-order valence-corrected chi connectivity index (χ4v) is 5.55. The van der Waals surface area contributed by atoms with Gasteiger partial charge in [-0.2, -0.15) is 0 Å². The van der Waals surface area contributed by atoms with Gasteiger partial charge in [-0.15, -0.1) is 0 Å². The van der Waals surface area contributed by atoms with Gasteiger partial charge in [0.05, 0.1) is 28.0 Å². The summed E-state index contributed by atoms with van der Waals surface area (Å²) in [6.07, 6.45) is 1.84. The summed E-state index contributed by atoms with van der Waals surface area (Å²) in [5, 5.41) is 2.20. The molecule has 7 aromatic rings. The summed E-state index contributed by atoms with van der Waals surface area (Å²) in [4.78, 5) is 9.84. The molecule has 0 atom stereocenters. The number of hydrogen-bond acceptors (Lipinski definition) is 3. The second-order valence-electron chi connectivity index (χ2n) is 10.1. The predicted octanol–water partition coefficient (Wildman–Crippen LogP) is 9.09. The molecule has 0 radical (unpaired) electrons. The lowest BCUT2D eigenvalue weighted by Gasteiger charge is -2.19. The van der Waals surface area contributed by atoms with Crippen molar-refractivity contribution in [2.24, 2.45) is 0 Å². The van der Waals surface area contributed by atoms with E-state index in [4.69, 9.17) is 9.40 Å². The fourth-order valence-electron chi connectivity index (χ4n) is 5.55. The molecule has 0 aliphatic heterocycles. The van der Waals surface area contributed by atoms with E-state index in [9.17, 15) is 0 Å². The van der Waals surface area contributed by atoms with Crippen LogP contribution in [-0.2, 0) is 0 Å². The zero-order chi connectivity index (χ0) is 25.8. The number of rotatable bonds is 4. The predicted molar refractivity (Wildman–Crippen MR) is 156 cm³/mol. The molecule has 0 amide bonds. The summed E-state index contributed by atoms with van der Waals surface area (Å²) in [5.74, 6) is 1.16. The molecule has 4 nitrogen and oxygen atoms in total. The molecule has 4 heteroatoms. The number of imidazole rings is 1. The molecule has 0 spiro atoms. The second kappa shape index (κ2) is 8.70. The number of aromatic nitrogens is 3. The molecule has 0 N–H and O–H groups in total. The number of furan rings is 1. The lowest BCUT2D eigenvalue weighted by atomic mass is 9.95. The zero-order valence-corrected chi connectivity index (χ0v) is 21.6. The summed E-state index contributed by atoms with van der Waals surface area (Å²) in [5.41, 5.74) is 10.4. The lowest BCUT2D eigenvalue weighted by molar-refractivity contribution is 0.669. The number of aryl methyl sites for hydroxylation is 1. The maximum atomic E-state index is 6.44. The van der Waals surface area contributed by atoms with Gasteiger partial charge in [-0.05, 0) is 59.9 Å². The van der Waals surface area contributed by atoms with E-state index in [0.717, 1.165) is 55.7 Å². The minimum Gasteiger partial charge on any atom is -0.455 e. The van der Waals surface area contributed by atoms with Crippen LogP contribution in [0.3, 0.4) is 0 Å². The van der Waals surface area contributed by atoms with Crippen molar-refractivity contribution >= 4 is 33.0 Å². The van der Waals surface area contributed by atoms with Crippen LogP contribution >= 0.6 is 0 Å². The van der Waals surface area contributed by atoms with Crippen LogP contribution in [0, 0.1) is 6.92 Å². The Hall–Kier alpha value is -4.70. The van der Waals surface area contributed by atoms with Gasteiger partial charge in [0.25, 0.3) is 0 Å². The number of para-hydroxylation sites is 2. The van der Waals surface area contributed by atoms with Gasteiger partial charge < -0.3 is 4.42 Å². The highest BCUT2D eigenvalue weighted by molar-refractivity contribution is 6.09. The maximum absolute atomic E-state index is 6.44. The molecule has 3 heterocycles. The monoisotopic (exact) mass is 493 g/mol. The van der Waals surface area contributed by atoms with Crippen molar-refractivity contribution in [3.8, 4) is 28.2 Å². The van der Waals surface area contributed by atoms with Crippen LogP contribution in [0.15, 0.2) is 108 Å².